The van der Waals surface area contributed by atoms with E-state index < -0.39 is 0 Å². The van der Waals surface area contributed by atoms with Crippen LogP contribution in [-0.2, 0) is 56.3 Å². The highest BCUT2D eigenvalue weighted by Gasteiger charge is 2.65. The van der Waals surface area contributed by atoms with Crippen molar-refractivity contribution in [2.75, 3.05) is 113 Å². The van der Waals surface area contributed by atoms with Gasteiger partial charge in [-0.1, -0.05) is 12.1 Å². The molecule has 1 spiro atoms. The molecule has 11 heteroatoms. The van der Waals surface area contributed by atoms with Crippen molar-refractivity contribution in [1.82, 2.24) is 4.90 Å². The summed E-state index contributed by atoms with van der Waals surface area (Å²) in [5.41, 5.74) is 3.67. The Bertz CT molecular complexity index is 998. The molecule has 2 aliphatic heterocycles. The molecule has 1 saturated heterocycles. The normalized spacial score (nSPS) is 27.0. The third kappa shape index (κ3) is 7.94. The zero-order valence-electron chi connectivity index (χ0n) is 26.7. The molecule has 250 valence electrons. The van der Waals surface area contributed by atoms with Crippen molar-refractivity contribution in [3.63, 3.8) is 0 Å². The first kappa shape index (κ1) is 34.0. The van der Waals surface area contributed by atoms with Crippen LogP contribution in [0, 0.1) is 5.92 Å². The van der Waals surface area contributed by atoms with Crippen LogP contribution in [0.15, 0.2) is 12.1 Å². The SMILES string of the molecule is COCCOCCOCCOCCOCCOCCOCCO[C@H]1CCC2C3Cc4ccc(CO)c5c4[C@@]2(CCN3C)[C@H]1O5. The number of rotatable bonds is 23. The molecule has 5 rings (SSSR count). The molecular formula is C33H53NO10. The standard InChI is InChI=1S/C33H53NO10/c1-34-8-7-33-27-5-6-29(32(33)44-31-26(24-35)4-3-25(30(31)33)23-28(27)34)43-22-21-42-20-19-41-18-17-40-16-15-39-14-13-38-12-11-37-10-9-36-2/h3-4,27-29,32,35H,5-24H2,1-2H3/t27?,28?,29-,32-,33-/m0/s1. The summed E-state index contributed by atoms with van der Waals surface area (Å²) in [6.45, 7) is 8.61. The predicted octanol–water partition coefficient (Wildman–Crippen LogP) is 1.98. The Kier molecular flexibility index (Phi) is 13.5. The average molecular weight is 624 g/mol. The van der Waals surface area contributed by atoms with E-state index in [1.807, 2.05) is 6.07 Å². The zero-order chi connectivity index (χ0) is 30.6. The van der Waals surface area contributed by atoms with E-state index in [1.54, 1.807) is 7.11 Å². The molecule has 0 amide bonds. The van der Waals surface area contributed by atoms with Gasteiger partial charge in [0.15, 0.2) is 0 Å². The van der Waals surface area contributed by atoms with Crippen molar-refractivity contribution in [1.29, 1.82) is 0 Å². The number of benzene rings is 1. The molecular weight excluding hydrogens is 570 g/mol. The maximum absolute atomic E-state index is 10.1. The lowest BCUT2D eigenvalue weighted by molar-refractivity contribution is -0.129. The summed E-state index contributed by atoms with van der Waals surface area (Å²) in [5.74, 6) is 1.50. The van der Waals surface area contributed by atoms with Crippen molar-refractivity contribution < 1.29 is 47.7 Å². The van der Waals surface area contributed by atoms with Crippen molar-refractivity contribution in [3.8, 4) is 5.75 Å². The Morgan fingerprint density at radius 2 is 1.36 bits per heavy atom. The fourth-order valence-electron chi connectivity index (χ4n) is 7.66. The first-order chi connectivity index (χ1) is 21.7. The molecule has 1 aromatic carbocycles. The molecule has 44 heavy (non-hydrogen) atoms. The Labute approximate surface area is 262 Å². The third-order valence-corrected chi connectivity index (χ3v) is 9.66. The number of piperidine rings is 1. The third-order valence-electron chi connectivity index (χ3n) is 9.66. The van der Waals surface area contributed by atoms with Gasteiger partial charge >= 0.3 is 0 Å². The molecule has 2 bridgehead atoms. The van der Waals surface area contributed by atoms with Gasteiger partial charge in [-0.15, -0.1) is 0 Å². The lowest BCUT2D eigenvalue weighted by Gasteiger charge is -2.58. The highest BCUT2D eigenvalue weighted by Crippen LogP contribution is 2.63. The summed E-state index contributed by atoms with van der Waals surface area (Å²) in [6.07, 6.45) is 4.31. The van der Waals surface area contributed by atoms with Gasteiger partial charge in [0.2, 0.25) is 0 Å². The van der Waals surface area contributed by atoms with E-state index in [0.717, 1.165) is 43.5 Å². The minimum absolute atomic E-state index is 0.00211. The fraction of sp³-hybridized carbons (Fsp3) is 0.818. The van der Waals surface area contributed by atoms with Crippen LogP contribution in [0.3, 0.4) is 0 Å². The topological polar surface area (TPSA) is 107 Å². The second-order valence-electron chi connectivity index (χ2n) is 12.1. The summed E-state index contributed by atoms with van der Waals surface area (Å²) in [5, 5.41) is 10.1. The number of methoxy groups -OCH3 is 1. The van der Waals surface area contributed by atoms with Crippen molar-refractivity contribution in [2.24, 2.45) is 5.92 Å². The summed E-state index contributed by atoms with van der Waals surface area (Å²) < 4.78 is 51.3. The summed E-state index contributed by atoms with van der Waals surface area (Å²) in [7, 11) is 3.92. The summed E-state index contributed by atoms with van der Waals surface area (Å²) >= 11 is 0. The Balaban J connectivity index is 0.898. The molecule has 0 aromatic heterocycles. The molecule has 2 aliphatic carbocycles. The van der Waals surface area contributed by atoms with Crippen LogP contribution in [-0.4, -0.2) is 141 Å². The number of hydrogen-bond donors (Lipinski definition) is 1. The summed E-state index contributed by atoms with van der Waals surface area (Å²) in [6, 6.07) is 4.82. The molecule has 5 atom stereocenters. The van der Waals surface area contributed by atoms with E-state index >= 15 is 0 Å². The number of aliphatic hydroxyl groups excluding tert-OH is 1. The van der Waals surface area contributed by atoms with Gasteiger partial charge in [0, 0.05) is 29.7 Å². The van der Waals surface area contributed by atoms with Crippen LogP contribution in [0.2, 0.25) is 0 Å². The quantitative estimate of drug-likeness (QED) is 0.181. The summed E-state index contributed by atoms with van der Waals surface area (Å²) in [4.78, 5) is 2.55. The molecule has 11 nitrogen and oxygen atoms in total. The van der Waals surface area contributed by atoms with Crippen LogP contribution in [0.1, 0.15) is 36.0 Å². The smallest absolute Gasteiger partial charge is 0.135 e. The zero-order valence-corrected chi connectivity index (χ0v) is 26.7. The number of likely N-dealkylation sites (N-methyl/N-ethyl adjacent to an activating group) is 1. The van der Waals surface area contributed by atoms with E-state index in [2.05, 4.69) is 18.0 Å². The average Bonchev–Trinajstić information content (AvgIpc) is 3.39. The molecule has 2 heterocycles. The number of hydrogen-bond acceptors (Lipinski definition) is 11. The highest BCUT2D eigenvalue weighted by molar-refractivity contribution is 5.58. The van der Waals surface area contributed by atoms with Gasteiger partial charge in [0.05, 0.1) is 105 Å². The Hall–Kier alpha value is -1.38. The first-order valence-electron chi connectivity index (χ1n) is 16.4. The van der Waals surface area contributed by atoms with Crippen molar-refractivity contribution >= 4 is 0 Å². The van der Waals surface area contributed by atoms with E-state index in [4.69, 9.17) is 42.6 Å². The lowest BCUT2D eigenvalue weighted by atomic mass is 9.51. The Morgan fingerprint density at radius 1 is 0.795 bits per heavy atom. The van der Waals surface area contributed by atoms with Gasteiger partial charge in [-0.05, 0) is 50.8 Å². The van der Waals surface area contributed by atoms with E-state index in [1.165, 1.54) is 11.1 Å². The number of nitrogens with zero attached hydrogens (tertiary/aromatic N) is 1. The number of likely N-dealkylation sites (tertiary alicyclic amines) is 1. The van der Waals surface area contributed by atoms with E-state index in [9.17, 15) is 5.11 Å². The lowest BCUT2D eigenvalue weighted by Crippen LogP contribution is -2.66. The second-order valence-corrected chi connectivity index (χ2v) is 12.1. The van der Waals surface area contributed by atoms with E-state index in [-0.39, 0.29) is 24.2 Å². The van der Waals surface area contributed by atoms with Gasteiger partial charge in [-0.2, -0.15) is 0 Å². The molecule has 2 fully saturated rings. The van der Waals surface area contributed by atoms with Crippen LogP contribution < -0.4 is 4.74 Å². The number of aliphatic hydroxyl groups is 1. The number of ether oxygens (including phenoxy) is 9. The highest BCUT2D eigenvalue weighted by atomic mass is 16.6. The van der Waals surface area contributed by atoms with Gasteiger partial charge in [-0.25, -0.2) is 0 Å². The molecule has 2 unspecified atom stereocenters. The predicted molar refractivity (Wildman–Crippen MR) is 162 cm³/mol. The monoisotopic (exact) mass is 623 g/mol. The minimum Gasteiger partial charge on any atom is -0.486 e. The fourth-order valence-corrected chi connectivity index (χ4v) is 7.66. The molecule has 1 aromatic rings. The van der Waals surface area contributed by atoms with Crippen LogP contribution in [0.4, 0.5) is 0 Å². The minimum atomic E-state index is -0.00858. The van der Waals surface area contributed by atoms with Gasteiger partial charge in [-0.3, -0.25) is 0 Å². The van der Waals surface area contributed by atoms with E-state index in [0.29, 0.717) is 104 Å². The second kappa shape index (κ2) is 17.5. The van der Waals surface area contributed by atoms with Crippen molar-refractivity contribution in [3.05, 3.63) is 28.8 Å². The van der Waals surface area contributed by atoms with Crippen LogP contribution >= 0.6 is 0 Å². The largest absolute Gasteiger partial charge is 0.486 e. The maximum atomic E-state index is 10.1. The first-order valence-corrected chi connectivity index (χ1v) is 16.4. The molecule has 4 aliphatic rings. The maximum Gasteiger partial charge on any atom is 0.135 e. The van der Waals surface area contributed by atoms with Crippen LogP contribution in [0.25, 0.3) is 0 Å². The van der Waals surface area contributed by atoms with Gasteiger partial charge in [0.25, 0.3) is 0 Å². The van der Waals surface area contributed by atoms with Gasteiger partial charge in [0.1, 0.15) is 11.9 Å². The Morgan fingerprint density at radius 3 is 1.93 bits per heavy atom. The van der Waals surface area contributed by atoms with Gasteiger partial charge < -0.3 is 52.6 Å². The molecule has 1 N–H and O–H groups in total. The molecule has 0 radical (unpaired) electrons. The van der Waals surface area contributed by atoms with Crippen molar-refractivity contribution in [2.45, 2.75) is 56.0 Å². The molecule has 1 saturated carbocycles. The van der Waals surface area contributed by atoms with Crippen LogP contribution in [0.5, 0.6) is 5.75 Å².